The van der Waals surface area contributed by atoms with Crippen LogP contribution in [-0.2, 0) is 0 Å². The predicted molar refractivity (Wildman–Crippen MR) is 81.1 cm³/mol. The van der Waals surface area contributed by atoms with E-state index in [1.54, 1.807) is 6.92 Å². The Morgan fingerprint density at radius 1 is 1.27 bits per heavy atom. The number of carboxylic acids is 1. The van der Waals surface area contributed by atoms with Crippen molar-refractivity contribution in [2.24, 2.45) is 0 Å². The van der Waals surface area contributed by atoms with E-state index < -0.39 is 5.97 Å². The molecule has 0 amide bonds. The highest BCUT2D eigenvalue weighted by atomic mass is 32.1. The van der Waals surface area contributed by atoms with Crippen LogP contribution in [0.25, 0.3) is 16.2 Å². The molecule has 0 unspecified atom stereocenters. The highest BCUT2D eigenvalue weighted by molar-refractivity contribution is 7.19. The van der Waals surface area contributed by atoms with E-state index in [4.69, 9.17) is 9.47 Å². The third kappa shape index (κ3) is 1.72. The average molecular weight is 316 g/mol. The monoisotopic (exact) mass is 316 g/mol. The zero-order valence-electron chi connectivity index (χ0n) is 11.9. The molecule has 0 spiro atoms. The van der Waals surface area contributed by atoms with E-state index >= 15 is 0 Å². The number of aromatic carboxylic acids is 1. The Kier molecular flexibility index (Phi) is 2.67. The van der Waals surface area contributed by atoms with E-state index in [1.165, 1.54) is 11.3 Å². The van der Waals surface area contributed by atoms with Gasteiger partial charge in [0.1, 0.15) is 4.88 Å². The fourth-order valence-electron chi connectivity index (χ4n) is 2.72. The molecule has 1 N–H and O–H groups in total. The van der Waals surface area contributed by atoms with Crippen LogP contribution in [0.3, 0.4) is 0 Å². The molecule has 1 aliphatic rings. The van der Waals surface area contributed by atoms with Gasteiger partial charge < -0.3 is 14.6 Å². The highest BCUT2D eigenvalue weighted by Gasteiger charge is 2.21. The first-order valence-electron chi connectivity index (χ1n) is 6.68. The predicted octanol–water partition coefficient (Wildman–Crippen LogP) is 3.11. The number of ether oxygens (including phenoxy) is 2. The normalized spacial score (nSPS) is 13.0. The first-order chi connectivity index (χ1) is 10.6. The molecule has 4 rings (SSSR count). The number of hydrogen-bond donors (Lipinski definition) is 1. The molecule has 3 aromatic rings. The summed E-state index contributed by atoms with van der Waals surface area (Å²) in [7, 11) is 0. The van der Waals surface area contributed by atoms with Gasteiger partial charge in [-0.2, -0.15) is 0 Å². The number of hydrogen-bond acceptors (Lipinski definition) is 5. The number of imidazole rings is 1. The van der Waals surface area contributed by atoms with Gasteiger partial charge in [0.2, 0.25) is 6.79 Å². The Bertz CT molecular complexity index is 925. The van der Waals surface area contributed by atoms with Crippen molar-refractivity contribution in [1.29, 1.82) is 0 Å². The molecule has 0 saturated carbocycles. The molecule has 0 atom stereocenters. The minimum absolute atomic E-state index is 0.233. The van der Waals surface area contributed by atoms with E-state index in [-0.39, 0.29) is 6.79 Å². The van der Waals surface area contributed by atoms with Crippen LogP contribution in [0, 0.1) is 13.8 Å². The van der Waals surface area contributed by atoms with Crippen LogP contribution in [0.4, 0.5) is 0 Å². The van der Waals surface area contributed by atoms with Crippen LogP contribution < -0.4 is 9.47 Å². The smallest absolute Gasteiger partial charge is 0.347 e. The van der Waals surface area contributed by atoms with Crippen molar-refractivity contribution < 1.29 is 19.4 Å². The molecular formula is C15H12N2O4S. The van der Waals surface area contributed by atoms with Gasteiger partial charge in [-0.15, -0.1) is 0 Å². The van der Waals surface area contributed by atoms with Crippen LogP contribution in [0.15, 0.2) is 18.2 Å². The van der Waals surface area contributed by atoms with Crippen molar-refractivity contribution >= 4 is 22.3 Å². The van der Waals surface area contributed by atoms with Crippen LogP contribution in [0.1, 0.15) is 21.1 Å². The lowest BCUT2D eigenvalue weighted by molar-refractivity contribution is 0.0701. The molecule has 0 aliphatic carbocycles. The number of carbonyl (C=O) groups is 1. The van der Waals surface area contributed by atoms with E-state index in [2.05, 4.69) is 4.98 Å². The number of aromatic nitrogens is 2. The molecule has 6 nitrogen and oxygen atoms in total. The van der Waals surface area contributed by atoms with Crippen molar-refractivity contribution in [3.05, 3.63) is 34.5 Å². The summed E-state index contributed by atoms with van der Waals surface area (Å²) in [5, 5.41) is 9.21. The lowest BCUT2D eigenvalue weighted by Gasteiger charge is -2.02. The summed E-state index contributed by atoms with van der Waals surface area (Å²) in [4.78, 5) is 16.8. The van der Waals surface area contributed by atoms with Gasteiger partial charge in [-0.1, -0.05) is 11.3 Å². The van der Waals surface area contributed by atoms with Crippen LogP contribution in [0.5, 0.6) is 11.5 Å². The zero-order chi connectivity index (χ0) is 15.4. The van der Waals surface area contributed by atoms with Gasteiger partial charge in [0, 0.05) is 17.0 Å². The van der Waals surface area contributed by atoms with E-state index in [9.17, 15) is 9.90 Å². The summed E-state index contributed by atoms with van der Waals surface area (Å²) in [5.41, 5.74) is 3.36. The first kappa shape index (κ1) is 13.1. The minimum atomic E-state index is -0.919. The number of rotatable bonds is 2. The van der Waals surface area contributed by atoms with Crippen molar-refractivity contribution in [1.82, 2.24) is 9.38 Å². The summed E-state index contributed by atoms with van der Waals surface area (Å²) in [5.74, 6) is 0.514. The summed E-state index contributed by atoms with van der Waals surface area (Å²) in [6, 6.07) is 5.69. The second-order valence-corrected chi connectivity index (χ2v) is 6.03. The lowest BCUT2D eigenvalue weighted by atomic mass is 10.1. The van der Waals surface area contributed by atoms with Gasteiger partial charge in [-0.3, -0.25) is 4.40 Å². The third-order valence-corrected chi connectivity index (χ3v) is 4.91. The van der Waals surface area contributed by atoms with Crippen molar-refractivity contribution in [2.45, 2.75) is 13.8 Å². The lowest BCUT2D eigenvalue weighted by Crippen LogP contribution is -1.98. The number of nitrogens with zero attached hydrogens (tertiary/aromatic N) is 2. The maximum Gasteiger partial charge on any atom is 0.347 e. The standard InChI is InChI=1S/C15H12N2O4S/c1-7-12(9-3-4-10-11(5-9)21-6-20-10)16-15-17(7)8(2)13(22-15)14(18)19/h3-5H,6H2,1-2H3,(H,18,19). The Morgan fingerprint density at radius 3 is 2.77 bits per heavy atom. The number of carboxylic acid groups (broad SMARTS) is 1. The number of thiazole rings is 1. The summed E-state index contributed by atoms with van der Waals surface area (Å²) >= 11 is 1.18. The molecule has 3 heterocycles. The Balaban J connectivity index is 1.89. The topological polar surface area (TPSA) is 73.1 Å². The van der Waals surface area contributed by atoms with Gasteiger partial charge in [-0.25, -0.2) is 9.78 Å². The molecule has 112 valence electrons. The second kappa shape index (κ2) is 4.48. The number of benzene rings is 1. The van der Waals surface area contributed by atoms with Gasteiger partial charge >= 0.3 is 5.97 Å². The summed E-state index contributed by atoms with van der Waals surface area (Å²) < 4.78 is 12.6. The summed E-state index contributed by atoms with van der Waals surface area (Å²) in [6.07, 6.45) is 0. The molecule has 1 aliphatic heterocycles. The van der Waals surface area contributed by atoms with E-state index in [1.807, 2.05) is 29.5 Å². The summed E-state index contributed by atoms with van der Waals surface area (Å²) in [6.45, 7) is 3.97. The first-order valence-corrected chi connectivity index (χ1v) is 7.49. The fourth-order valence-corrected chi connectivity index (χ4v) is 3.73. The van der Waals surface area contributed by atoms with Crippen LogP contribution in [-0.4, -0.2) is 27.3 Å². The van der Waals surface area contributed by atoms with E-state index in [0.29, 0.717) is 21.3 Å². The Labute approximate surface area is 129 Å². The zero-order valence-corrected chi connectivity index (χ0v) is 12.7. The maximum absolute atomic E-state index is 11.2. The molecule has 0 fully saturated rings. The van der Waals surface area contributed by atoms with Crippen LogP contribution in [0.2, 0.25) is 0 Å². The molecule has 2 aromatic heterocycles. The van der Waals surface area contributed by atoms with Crippen molar-refractivity contribution in [2.75, 3.05) is 6.79 Å². The molecule has 0 radical (unpaired) electrons. The van der Waals surface area contributed by atoms with Crippen molar-refractivity contribution in [3.8, 4) is 22.8 Å². The number of fused-ring (bicyclic) bond motifs is 2. The van der Waals surface area contributed by atoms with Crippen LogP contribution >= 0.6 is 11.3 Å². The van der Waals surface area contributed by atoms with Crippen molar-refractivity contribution in [3.63, 3.8) is 0 Å². The molecule has 1 aromatic carbocycles. The van der Waals surface area contributed by atoms with Gasteiger partial charge in [0.15, 0.2) is 16.5 Å². The molecular weight excluding hydrogens is 304 g/mol. The highest BCUT2D eigenvalue weighted by Crippen LogP contribution is 2.37. The maximum atomic E-state index is 11.2. The Hall–Kier alpha value is -2.54. The molecule has 0 bridgehead atoms. The largest absolute Gasteiger partial charge is 0.477 e. The fraction of sp³-hybridized carbons (Fsp3) is 0.200. The van der Waals surface area contributed by atoms with Gasteiger partial charge in [0.25, 0.3) is 0 Å². The molecule has 22 heavy (non-hydrogen) atoms. The molecule has 0 saturated heterocycles. The Morgan fingerprint density at radius 2 is 2.05 bits per heavy atom. The quantitative estimate of drug-likeness (QED) is 0.786. The SMILES string of the molecule is Cc1c(-c2ccc3c(c2)OCO3)nc2sc(C(=O)O)c(C)n12. The average Bonchev–Trinajstić information content (AvgIpc) is 3.14. The minimum Gasteiger partial charge on any atom is -0.477 e. The number of aryl methyl sites for hydroxylation is 2. The third-order valence-electron chi connectivity index (χ3n) is 3.77. The second-order valence-electron chi connectivity index (χ2n) is 5.05. The van der Waals surface area contributed by atoms with Gasteiger partial charge in [0.05, 0.1) is 5.69 Å². The molecule has 7 heteroatoms. The van der Waals surface area contributed by atoms with Gasteiger partial charge in [-0.05, 0) is 32.0 Å². The van der Waals surface area contributed by atoms with E-state index in [0.717, 1.165) is 22.7 Å².